The highest BCUT2D eigenvalue weighted by Gasteiger charge is 2.39. The molecule has 0 amide bonds. The molecule has 2 saturated carbocycles. The fraction of sp³-hybridized carbons (Fsp3) is 0.556. The Morgan fingerprint density at radius 2 is 1.86 bits per heavy atom. The van der Waals surface area contributed by atoms with Gasteiger partial charge in [0, 0.05) is 12.1 Å². The lowest BCUT2D eigenvalue weighted by Crippen LogP contribution is -2.42. The first-order valence-electron chi connectivity index (χ1n) is 8.00. The van der Waals surface area contributed by atoms with E-state index in [2.05, 4.69) is 48.6 Å². The molecule has 3 rings (SSSR count). The van der Waals surface area contributed by atoms with E-state index in [4.69, 9.17) is 5.73 Å². The molecule has 3 N–H and O–H groups in total. The van der Waals surface area contributed by atoms with Crippen molar-refractivity contribution in [2.45, 2.75) is 44.7 Å². The minimum absolute atomic E-state index is 0. The van der Waals surface area contributed by atoms with Crippen LogP contribution in [-0.4, -0.2) is 18.6 Å². The van der Waals surface area contributed by atoms with Crippen molar-refractivity contribution in [3.63, 3.8) is 0 Å². The maximum atomic E-state index is 5.84. The van der Waals surface area contributed by atoms with E-state index in [1.165, 1.54) is 24.8 Å². The van der Waals surface area contributed by atoms with Gasteiger partial charge in [0.1, 0.15) is 0 Å². The van der Waals surface area contributed by atoms with Crippen molar-refractivity contribution in [2.24, 2.45) is 17.6 Å². The third-order valence-corrected chi connectivity index (χ3v) is 4.77. The Morgan fingerprint density at radius 1 is 1.18 bits per heavy atom. The summed E-state index contributed by atoms with van der Waals surface area (Å²) >= 11 is 0. The molecule has 2 unspecified atom stereocenters. The predicted octanol–water partition coefficient (Wildman–Crippen LogP) is 4.04. The van der Waals surface area contributed by atoms with Gasteiger partial charge in [-0.3, -0.25) is 0 Å². The monoisotopic (exact) mass is 342 g/mol. The van der Waals surface area contributed by atoms with Crippen LogP contribution in [0.25, 0.3) is 6.08 Å². The fourth-order valence-electron chi connectivity index (χ4n) is 3.34. The van der Waals surface area contributed by atoms with Crippen LogP contribution < -0.4 is 11.1 Å². The van der Waals surface area contributed by atoms with Gasteiger partial charge >= 0.3 is 0 Å². The average Bonchev–Trinajstić information content (AvgIpc) is 3.20. The molecule has 4 heteroatoms. The van der Waals surface area contributed by atoms with Crippen molar-refractivity contribution >= 4 is 30.9 Å². The van der Waals surface area contributed by atoms with Crippen molar-refractivity contribution in [3.8, 4) is 0 Å². The molecule has 2 aliphatic rings. The van der Waals surface area contributed by atoms with Crippen LogP contribution in [0.4, 0.5) is 0 Å². The minimum Gasteiger partial charge on any atom is -0.328 e. The van der Waals surface area contributed by atoms with Crippen molar-refractivity contribution in [1.29, 1.82) is 0 Å². The zero-order valence-electron chi connectivity index (χ0n) is 13.2. The largest absolute Gasteiger partial charge is 0.328 e. The number of hydrogen-bond acceptors (Lipinski definition) is 2. The number of halogens is 2. The number of hydrogen-bond donors (Lipinski definition) is 2. The summed E-state index contributed by atoms with van der Waals surface area (Å²) in [4.78, 5) is 0. The van der Waals surface area contributed by atoms with Gasteiger partial charge in [0.2, 0.25) is 0 Å². The fourth-order valence-corrected chi connectivity index (χ4v) is 3.34. The summed E-state index contributed by atoms with van der Waals surface area (Å²) in [5.41, 5.74) is 8.77. The molecule has 2 fully saturated rings. The lowest BCUT2D eigenvalue weighted by atomic mass is 9.81. The lowest BCUT2D eigenvalue weighted by molar-refractivity contribution is 0.255. The first kappa shape index (κ1) is 19.5. The van der Waals surface area contributed by atoms with Gasteiger partial charge in [0.15, 0.2) is 0 Å². The van der Waals surface area contributed by atoms with Gasteiger partial charge in [-0.2, -0.15) is 0 Å². The van der Waals surface area contributed by atoms with E-state index in [9.17, 15) is 0 Å². The van der Waals surface area contributed by atoms with Crippen molar-refractivity contribution < 1.29 is 0 Å². The van der Waals surface area contributed by atoms with Crippen molar-refractivity contribution in [3.05, 3.63) is 41.5 Å². The summed E-state index contributed by atoms with van der Waals surface area (Å²) in [6, 6.07) is 11.9. The van der Waals surface area contributed by atoms with Gasteiger partial charge in [-0.25, -0.2) is 0 Å². The number of benzene rings is 1. The molecule has 1 aromatic carbocycles. The van der Waals surface area contributed by atoms with Gasteiger partial charge in [0.05, 0.1) is 0 Å². The highest BCUT2D eigenvalue weighted by atomic mass is 35.5. The first-order chi connectivity index (χ1) is 9.76. The quantitative estimate of drug-likeness (QED) is 0.818. The zero-order chi connectivity index (χ0) is 13.9. The van der Waals surface area contributed by atoms with Crippen LogP contribution in [0.5, 0.6) is 0 Å². The lowest BCUT2D eigenvalue weighted by Gasteiger charge is -2.32. The highest BCUT2D eigenvalue weighted by molar-refractivity contribution is 5.85. The molecule has 22 heavy (non-hydrogen) atoms. The molecule has 1 aromatic rings. The molecule has 0 spiro atoms. The SMILES string of the molecule is CC/C(=C\c1ccccc1)C1CC1NCC1CC(N)C1.Cl.Cl. The predicted molar refractivity (Wildman–Crippen MR) is 99.8 cm³/mol. The highest BCUT2D eigenvalue weighted by Crippen LogP contribution is 2.40. The molecule has 0 saturated heterocycles. The van der Waals surface area contributed by atoms with E-state index in [-0.39, 0.29) is 24.8 Å². The Balaban J connectivity index is 0.00000121. The van der Waals surface area contributed by atoms with Gasteiger partial charge in [-0.05, 0) is 49.6 Å². The Labute approximate surface area is 146 Å². The maximum Gasteiger partial charge on any atom is 0.0140 e. The van der Waals surface area contributed by atoms with Crippen LogP contribution in [0.15, 0.2) is 35.9 Å². The average molecular weight is 343 g/mol. The normalized spacial score (nSPS) is 29.8. The third-order valence-electron chi connectivity index (χ3n) is 4.77. The standard InChI is InChI=1S/C18H26N2.2ClH/c1-2-15(8-13-6-4-3-5-7-13)17-11-18(17)20-12-14-9-16(19)10-14;;/h3-8,14,16-18,20H,2,9-12,19H2,1H3;2*1H/b15-8+;;. The second-order valence-electron chi connectivity index (χ2n) is 6.44. The number of nitrogens with two attached hydrogens (primary N) is 1. The summed E-state index contributed by atoms with van der Waals surface area (Å²) in [7, 11) is 0. The van der Waals surface area contributed by atoms with Gasteiger partial charge < -0.3 is 11.1 Å². The van der Waals surface area contributed by atoms with Gasteiger partial charge in [0.25, 0.3) is 0 Å². The molecular weight excluding hydrogens is 315 g/mol. The molecule has 2 atom stereocenters. The molecule has 0 bridgehead atoms. The van der Waals surface area contributed by atoms with Gasteiger partial charge in [-0.15, -0.1) is 24.8 Å². The Morgan fingerprint density at radius 3 is 2.45 bits per heavy atom. The van der Waals surface area contributed by atoms with E-state index < -0.39 is 0 Å². The van der Waals surface area contributed by atoms with Crippen LogP contribution in [0.3, 0.4) is 0 Å². The second kappa shape index (κ2) is 8.93. The Bertz CT molecular complexity index is 469. The molecule has 0 radical (unpaired) electrons. The van der Waals surface area contributed by atoms with Crippen LogP contribution in [-0.2, 0) is 0 Å². The molecule has 2 aliphatic carbocycles. The molecule has 0 aromatic heterocycles. The van der Waals surface area contributed by atoms with E-state index in [0.717, 1.165) is 24.8 Å². The van der Waals surface area contributed by atoms with Crippen LogP contribution in [0.1, 0.15) is 38.2 Å². The third kappa shape index (κ3) is 4.99. The summed E-state index contributed by atoms with van der Waals surface area (Å²) in [5, 5.41) is 3.73. The molecule has 0 aliphatic heterocycles. The van der Waals surface area contributed by atoms with Crippen LogP contribution in [0.2, 0.25) is 0 Å². The molecule has 2 nitrogen and oxygen atoms in total. The summed E-state index contributed by atoms with van der Waals surface area (Å²) < 4.78 is 0. The first-order valence-corrected chi connectivity index (χ1v) is 8.00. The van der Waals surface area contributed by atoms with Gasteiger partial charge in [-0.1, -0.05) is 48.9 Å². The van der Waals surface area contributed by atoms with E-state index in [1.54, 1.807) is 5.57 Å². The van der Waals surface area contributed by atoms with Crippen molar-refractivity contribution in [2.75, 3.05) is 6.54 Å². The molecular formula is C18H28Cl2N2. The molecule has 124 valence electrons. The smallest absolute Gasteiger partial charge is 0.0140 e. The van der Waals surface area contributed by atoms with E-state index in [1.807, 2.05) is 0 Å². The number of nitrogens with one attached hydrogen (secondary N) is 1. The maximum absolute atomic E-state index is 5.84. The van der Waals surface area contributed by atoms with Crippen LogP contribution >= 0.6 is 24.8 Å². The van der Waals surface area contributed by atoms with E-state index >= 15 is 0 Å². The van der Waals surface area contributed by atoms with Crippen molar-refractivity contribution in [1.82, 2.24) is 5.32 Å². The Hall–Kier alpha value is -0.540. The molecule has 0 heterocycles. The minimum atomic E-state index is 0. The summed E-state index contributed by atoms with van der Waals surface area (Å²) in [6.07, 6.45) is 7.28. The second-order valence-corrected chi connectivity index (χ2v) is 6.44. The Kier molecular flexibility index (Phi) is 7.92. The zero-order valence-corrected chi connectivity index (χ0v) is 14.8. The number of rotatable bonds is 6. The van der Waals surface area contributed by atoms with Crippen LogP contribution in [0, 0.1) is 11.8 Å². The summed E-state index contributed by atoms with van der Waals surface area (Å²) in [6.45, 7) is 3.44. The topological polar surface area (TPSA) is 38.0 Å². The summed E-state index contributed by atoms with van der Waals surface area (Å²) in [5.74, 6) is 1.59. The van der Waals surface area contributed by atoms with E-state index in [0.29, 0.717) is 12.1 Å².